The van der Waals surface area contributed by atoms with Crippen molar-refractivity contribution >= 4 is 58.2 Å². The number of halogens is 3. The van der Waals surface area contributed by atoms with E-state index >= 15 is 0 Å². The highest BCUT2D eigenvalue weighted by Crippen LogP contribution is 2.27. The first kappa shape index (κ1) is 23.4. The molecule has 32 heavy (non-hydrogen) atoms. The van der Waals surface area contributed by atoms with Crippen LogP contribution in [-0.4, -0.2) is 57.6 Å². The first-order chi connectivity index (χ1) is 15.5. The quantitative estimate of drug-likeness (QED) is 0.459. The van der Waals surface area contributed by atoms with Crippen molar-refractivity contribution < 1.29 is 9.53 Å². The molecule has 4 rings (SSSR count). The summed E-state index contributed by atoms with van der Waals surface area (Å²) in [7, 11) is 0. The molecule has 2 heterocycles. The van der Waals surface area contributed by atoms with Crippen LogP contribution in [0.25, 0.3) is 5.69 Å². The number of nitrogens with one attached hydrogen (secondary N) is 1. The minimum atomic E-state index is -0.209. The van der Waals surface area contributed by atoms with Crippen LogP contribution in [0.2, 0.25) is 15.1 Å². The van der Waals surface area contributed by atoms with Gasteiger partial charge in [-0.2, -0.15) is 0 Å². The molecule has 1 aromatic heterocycles. The van der Waals surface area contributed by atoms with Crippen LogP contribution >= 0.6 is 46.6 Å². The fourth-order valence-corrected chi connectivity index (χ4v) is 4.56. The molecular formula is C21H20Cl3N5O2S. The Labute approximate surface area is 205 Å². The molecule has 0 bridgehead atoms. The van der Waals surface area contributed by atoms with Gasteiger partial charge in [0.05, 0.1) is 36.2 Å². The van der Waals surface area contributed by atoms with E-state index < -0.39 is 0 Å². The number of hydrogen-bond acceptors (Lipinski definition) is 6. The van der Waals surface area contributed by atoms with Crippen molar-refractivity contribution in [1.29, 1.82) is 0 Å². The molecule has 0 aliphatic carbocycles. The van der Waals surface area contributed by atoms with Crippen LogP contribution in [0.5, 0.6) is 0 Å². The normalized spacial score (nSPS) is 14.5. The first-order valence-corrected chi connectivity index (χ1v) is 12.0. The third-order valence-electron chi connectivity index (χ3n) is 4.79. The number of amides is 1. The zero-order valence-electron chi connectivity index (χ0n) is 16.9. The van der Waals surface area contributed by atoms with E-state index in [1.165, 1.54) is 11.8 Å². The molecule has 1 fully saturated rings. The number of aromatic nitrogens is 3. The average molecular weight is 513 g/mol. The van der Waals surface area contributed by atoms with Crippen molar-refractivity contribution in [3.8, 4) is 5.69 Å². The largest absolute Gasteiger partial charge is 0.379 e. The molecular weight excluding hydrogens is 493 g/mol. The second-order valence-corrected chi connectivity index (χ2v) is 9.28. The molecule has 1 N–H and O–H groups in total. The van der Waals surface area contributed by atoms with Crippen LogP contribution in [0.15, 0.2) is 47.6 Å². The first-order valence-electron chi connectivity index (χ1n) is 9.87. The Kier molecular flexibility index (Phi) is 7.93. The predicted octanol–water partition coefficient (Wildman–Crippen LogP) is 4.79. The number of benzene rings is 2. The summed E-state index contributed by atoms with van der Waals surface area (Å²) < 4.78 is 7.39. The molecule has 168 valence electrons. The molecule has 3 aromatic rings. The smallest absolute Gasteiger partial charge is 0.234 e. The molecule has 0 radical (unpaired) electrons. The number of carbonyl (C=O) groups is 1. The van der Waals surface area contributed by atoms with Crippen LogP contribution < -0.4 is 5.32 Å². The zero-order valence-corrected chi connectivity index (χ0v) is 20.0. The minimum absolute atomic E-state index is 0.141. The fraction of sp³-hybridized carbons (Fsp3) is 0.286. The lowest BCUT2D eigenvalue weighted by Gasteiger charge is -2.26. The highest BCUT2D eigenvalue weighted by molar-refractivity contribution is 7.99. The molecule has 1 amide bonds. The summed E-state index contributed by atoms with van der Waals surface area (Å²) in [6.45, 7) is 3.70. The summed E-state index contributed by atoms with van der Waals surface area (Å²) in [6.07, 6.45) is 0. The monoisotopic (exact) mass is 511 g/mol. The summed E-state index contributed by atoms with van der Waals surface area (Å²) >= 11 is 19.4. The number of ether oxygens (including phenoxy) is 1. The Morgan fingerprint density at radius 3 is 2.47 bits per heavy atom. The van der Waals surface area contributed by atoms with E-state index in [4.69, 9.17) is 39.5 Å². The van der Waals surface area contributed by atoms with Gasteiger partial charge < -0.3 is 10.1 Å². The van der Waals surface area contributed by atoms with Gasteiger partial charge in [0.25, 0.3) is 0 Å². The molecule has 7 nitrogen and oxygen atoms in total. The van der Waals surface area contributed by atoms with Crippen molar-refractivity contribution in [3.05, 3.63) is 63.4 Å². The lowest BCUT2D eigenvalue weighted by atomic mass is 10.3. The van der Waals surface area contributed by atoms with E-state index in [0.717, 1.165) is 24.6 Å². The van der Waals surface area contributed by atoms with E-state index in [9.17, 15) is 4.79 Å². The van der Waals surface area contributed by atoms with Gasteiger partial charge in [-0.15, -0.1) is 10.2 Å². The topological polar surface area (TPSA) is 72.3 Å². The molecule has 11 heteroatoms. The number of rotatable bonds is 7. The Morgan fingerprint density at radius 2 is 1.75 bits per heavy atom. The molecule has 1 saturated heterocycles. The highest BCUT2D eigenvalue weighted by atomic mass is 35.5. The third kappa shape index (κ3) is 5.95. The predicted molar refractivity (Wildman–Crippen MR) is 128 cm³/mol. The second kappa shape index (κ2) is 10.9. The van der Waals surface area contributed by atoms with Gasteiger partial charge in [0.1, 0.15) is 0 Å². The van der Waals surface area contributed by atoms with Gasteiger partial charge in [0.15, 0.2) is 11.0 Å². The molecule has 0 unspecified atom stereocenters. The van der Waals surface area contributed by atoms with E-state index in [-0.39, 0.29) is 11.7 Å². The molecule has 1 aliphatic heterocycles. The number of anilines is 1. The molecule has 1 aliphatic rings. The summed E-state index contributed by atoms with van der Waals surface area (Å²) in [5.41, 5.74) is 1.39. The van der Waals surface area contributed by atoms with Crippen molar-refractivity contribution in [2.45, 2.75) is 11.7 Å². The number of thioether (sulfide) groups is 1. The summed E-state index contributed by atoms with van der Waals surface area (Å²) in [5, 5.41) is 13.7. The van der Waals surface area contributed by atoms with Crippen LogP contribution in [0.3, 0.4) is 0 Å². The van der Waals surface area contributed by atoms with Crippen LogP contribution in [0, 0.1) is 0 Å². The van der Waals surface area contributed by atoms with Gasteiger partial charge in [0, 0.05) is 28.8 Å². The van der Waals surface area contributed by atoms with Crippen molar-refractivity contribution in [2.24, 2.45) is 0 Å². The van der Waals surface area contributed by atoms with Gasteiger partial charge in [0.2, 0.25) is 5.91 Å². The Bertz CT molecular complexity index is 1090. The Hall–Kier alpha value is -1.81. The number of carbonyl (C=O) groups excluding carboxylic acids is 1. The lowest BCUT2D eigenvalue weighted by molar-refractivity contribution is -0.113. The van der Waals surface area contributed by atoms with Crippen LogP contribution in [-0.2, 0) is 16.1 Å². The standard InChI is InChI=1S/C21H20Cl3N5O2S/c22-14-1-4-16(5-2-14)29-19(12-28-7-9-31-10-8-28)26-27-21(29)32-13-20(30)25-18-6-3-15(23)11-17(18)24/h1-6,11H,7-10,12-13H2,(H,25,30). The number of nitrogens with zero attached hydrogens (tertiary/aromatic N) is 4. The highest BCUT2D eigenvalue weighted by Gasteiger charge is 2.20. The van der Waals surface area contributed by atoms with Crippen LogP contribution in [0.4, 0.5) is 5.69 Å². The molecule has 0 saturated carbocycles. The SMILES string of the molecule is O=C(CSc1nnc(CN2CCOCC2)n1-c1ccc(Cl)cc1)Nc1ccc(Cl)cc1Cl. The lowest BCUT2D eigenvalue weighted by Crippen LogP contribution is -2.36. The van der Waals surface area contributed by atoms with Crippen LogP contribution in [0.1, 0.15) is 5.82 Å². The Morgan fingerprint density at radius 1 is 1.03 bits per heavy atom. The van der Waals surface area contributed by atoms with Gasteiger partial charge >= 0.3 is 0 Å². The molecule has 2 aromatic carbocycles. The second-order valence-electron chi connectivity index (χ2n) is 7.06. The van der Waals surface area contributed by atoms with E-state index in [2.05, 4.69) is 20.4 Å². The summed E-state index contributed by atoms with van der Waals surface area (Å²) in [6, 6.07) is 12.4. The third-order valence-corrected chi connectivity index (χ3v) is 6.52. The fourth-order valence-electron chi connectivity index (χ4n) is 3.21. The van der Waals surface area contributed by atoms with E-state index in [1.807, 2.05) is 28.8 Å². The van der Waals surface area contributed by atoms with E-state index in [0.29, 0.717) is 45.7 Å². The zero-order chi connectivity index (χ0) is 22.5. The number of morpholine rings is 1. The average Bonchev–Trinajstić information content (AvgIpc) is 3.18. The van der Waals surface area contributed by atoms with Gasteiger partial charge in [-0.3, -0.25) is 14.3 Å². The van der Waals surface area contributed by atoms with Gasteiger partial charge in [-0.1, -0.05) is 46.6 Å². The van der Waals surface area contributed by atoms with E-state index in [1.54, 1.807) is 18.2 Å². The maximum Gasteiger partial charge on any atom is 0.234 e. The maximum absolute atomic E-state index is 12.5. The number of hydrogen-bond donors (Lipinski definition) is 1. The Balaban J connectivity index is 1.50. The summed E-state index contributed by atoms with van der Waals surface area (Å²) in [4.78, 5) is 14.8. The van der Waals surface area contributed by atoms with Crippen molar-refractivity contribution in [3.63, 3.8) is 0 Å². The van der Waals surface area contributed by atoms with Gasteiger partial charge in [-0.25, -0.2) is 0 Å². The summed E-state index contributed by atoms with van der Waals surface area (Å²) in [5.74, 6) is 0.722. The molecule has 0 atom stereocenters. The van der Waals surface area contributed by atoms with Gasteiger partial charge in [-0.05, 0) is 42.5 Å². The minimum Gasteiger partial charge on any atom is -0.379 e. The molecule has 0 spiro atoms. The maximum atomic E-state index is 12.5. The van der Waals surface area contributed by atoms with Crippen molar-refractivity contribution in [2.75, 3.05) is 37.4 Å². The van der Waals surface area contributed by atoms with Crippen molar-refractivity contribution in [1.82, 2.24) is 19.7 Å².